The Morgan fingerprint density at radius 3 is 2.30 bits per heavy atom. The number of amides is 1. The van der Waals surface area contributed by atoms with E-state index in [4.69, 9.17) is 16.3 Å². The zero-order valence-electron chi connectivity index (χ0n) is 14.6. The molecule has 0 unspecified atom stereocenters. The third-order valence-corrected chi connectivity index (χ3v) is 5.37. The lowest BCUT2D eigenvalue weighted by molar-refractivity contribution is 0.102. The van der Waals surface area contributed by atoms with Gasteiger partial charge in [-0.3, -0.25) is 4.79 Å². The van der Waals surface area contributed by atoms with Crippen LogP contribution in [-0.2, 0) is 9.84 Å². The van der Waals surface area contributed by atoms with E-state index in [0.717, 1.165) is 6.26 Å². The van der Waals surface area contributed by atoms with E-state index in [9.17, 15) is 13.2 Å². The highest BCUT2D eigenvalue weighted by atomic mass is 35.5. The Bertz CT molecular complexity index is 1080. The molecule has 0 bridgehead atoms. The summed E-state index contributed by atoms with van der Waals surface area (Å²) >= 11 is 6.34. The monoisotopic (exact) mass is 404 g/mol. The number of sulfone groups is 1. The summed E-state index contributed by atoms with van der Waals surface area (Å²) in [5.74, 6) is -0.0479. The number of ether oxygens (including phenoxy) is 1. The van der Waals surface area contributed by atoms with E-state index in [1.165, 1.54) is 37.4 Å². The molecule has 8 heteroatoms. The average molecular weight is 405 g/mol. The second-order valence-corrected chi connectivity index (χ2v) is 8.27. The molecule has 0 saturated carbocycles. The lowest BCUT2D eigenvalue weighted by atomic mass is 10.1. The van der Waals surface area contributed by atoms with E-state index in [1.54, 1.807) is 6.07 Å². The fourth-order valence-electron chi connectivity index (χ4n) is 2.57. The van der Waals surface area contributed by atoms with E-state index >= 15 is 0 Å². The fourth-order valence-corrected chi connectivity index (χ4v) is 3.46. The summed E-state index contributed by atoms with van der Waals surface area (Å²) < 4.78 is 30.2. The van der Waals surface area contributed by atoms with Gasteiger partial charge in [-0.05, 0) is 42.5 Å². The minimum atomic E-state index is -3.30. The summed E-state index contributed by atoms with van der Waals surface area (Å²) in [6, 6.07) is 12.9. The second kappa shape index (κ2) is 7.46. The van der Waals surface area contributed by atoms with Gasteiger partial charge < -0.3 is 14.6 Å². The predicted molar refractivity (Wildman–Crippen MR) is 105 cm³/mol. The first-order chi connectivity index (χ1) is 12.8. The molecule has 0 aliphatic rings. The van der Waals surface area contributed by atoms with Crippen molar-refractivity contribution in [1.82, 2.24) is 4.57 Å². The Morgan fingerprint density at radius 1 is 1.11 bits per heavy atom. The summed E-state index contributed by atoms with van der Waals surface area (Å²) in [5.41, 5.74) is 1.42. The van der Waals surface area contributed by atoms with Crippen LogP contribution in [-0.4, -0.2) is 32.3 Å². The van der Waals surface area contributed by atoms with Crippen LogP contribution in [0.3, 0.4) is 0 Å². The van der Waals surface area contributed by atoms with Crippen molar-refractivity contribution in [2.45, 2.75) is 4.90 Å². The number of aromatic nitrogens is 1. The minimum absolute atomic E-state index is 0.178. The van der Waals surface area contributed by atoms with Crippen LogP contribution >= 0.6 is 11.6 Å². The molecule has 0 radical (unpaired) electrons. The van der Waals surface area contributed by atoms with Gasteiger partial charge in [-0.15, -0.1) is 0 Å². The van der Waals surface area contributed by atoms with E-state index < -0.39 is 15.7 Å². The topological polar surface area (TPSA) is 77.4 Å². The van der Waals surface area contributed by atoms with Crippen molar-refractivity contribution < 1.29 is 17.9 Å². The van der Waals surface area contributed by atoms with Crippen LogP contribution in [0, 0.1) is 0 Å². The number of rotatable bonds is 5. The molecule has 3 rings (SSSR count). The van der Waals surface area contributed by atoms with Gasteiger partial charge in [0.25, 0.3) is 5.91 Å². The molecule has 27 heavy (non-hydrogen) atoms. The zero-order chi connectivity index (χ0) is 19.6. The van der Waals surface area contributed by atoms with Crippen LogP contribution in [0.5, 0.6) is 5.75 Å². The second-order valence-electron chi connectivity index (χ2n) is 5.84. The summed E-state index contributed by atoms with van der Waals surface area (Å²) in [6.45, 7) is 0. The number of carbonyl (C=O) groups is 1. The first-order valence-corrected chi connectivity index (χ1v) is 10.2. The number of halogens is 1. The number of hydrogen-bond acceptors (Lipinski definition) is 4. The summed E-state index contributed by atoms with van der Waals surface area (Å²) in [4.78, 5) is 12.8. The molecule has 1 heterocycles. The highest BCUT2D eigenvalue weighted by molar-refractivity contribution is 7.90. The summed E-state index contributed by atoms with van der Waals surface area (Å²) in [7, 11) is -1.82. The highest BCUT2D eigenvalue weighted by Crippen LogP contribution is 2.30. The van der Waals surface area contributed by atoms with Crippen LogP contribution in [0.1, 0.15) is 10.4 Å². The minimum Gasteiger partial charge on any atom is -0.496 e. The van der Waals surface area contributed by atoms with Gasteiger partial charge in [-0.1, -0.05) is 11.6 Å². The van der Waals surface area contributed by atoms with E-state index in [-0.39, 0.29) is 10.5 Å². The first kappa shape index (κ1) is 19.0. The Balaban J connectivity index is 1.89. The molecule has 1 amide bonds. The molecule has 2 aromatic carbocycles. The molecular weight excluding hydrogens is 388 g/mol. The first-order valence-electron chi connectivity index (χ1n) is 7.92. The molecule has 3 aromatic rings. The van der Waals surface area contributed by atoms with Crippen molar-refractivity contribution >= 4 is 33.0 Å². The molecule has 140 valence electrons. The number of carbonyl (C=O) groups excluding carboxylic acids is 1. The number of nitrogens with zero attached hydrogens (tertiary/aromatic N) is 1. The van der Waals surface area contributed by atoms with Crippen LogP contribution in [0.2, 0.25) is 5.02 Å². The number of nitrogens with one attached hydrogen (secondary N) is 1. The Morgan fingerprint density at radius 2 is 1.74 bits per heavy atom. The van der Waals surface area contributed by atoms with Gasteiger partial charge in [0, 0.05) is 30.4 Å². The van der Waals surface area contributed by atoms with Crippen molar-refractivity contribution in [3.8, 4) is 11.4 Å². The average Bonchev–Trinajstić information content (AvgIpc) is 3.15. The third kappa shape index (κ3) is 4.15. The zero-order valence-corrected chi connectivity index (χ0v) is 16.2. The largest absolute Gasteiger partial charge is 0.496 e. The summed E-state index contributed by atoms with van der Waals surface area (Å²) in [6.07, 6.45) is 4.80. The molecule has 0 saturated heterocycles. The molecule has 6 nitrogen and oxygen atoms in total. The van der Waals surface area contributed by atoms with Crippen LogP contribution in [0.15, 0.2) is 65.8 Å². The lowest BCUT2D eigenvalue weighted by Gasteiger charge is -2.14. The normalized spacial score (nSPS) is 11.2. The van der Waals surface area contributed by atoms with Crippen LogP contribution < -0.4 is 10.1 Å². The van der Waals surface area contributed by atoms with E-state index in [0.29, 0.717) is 22.1 Å². The van der Waals surface area contributed by atoms with Crippen molar-refractivity contribution in [3.63, 3.8) is 0 Å². The van der Waals surface area contributed by atoms with E-state index in [2.05, 4.69) is 5.32 Å². The van der Waals surface area contributed by atoms with Crippen molar-refractivity contribution in [2.75, 3.05) is 18.7 Å². The van der Waals surface area contributed by atoms with Gasteiger partial charge in [0.15, 0.2) is 9.84 Å². The molecular formula is C19H17ClN2O4S. The molecule has 0 fully saturated rings. The van der Waals surface area contributed by atoms with Gasteiger partial charge in [0.2, 0.25) is 0 Å². The maximum atomic E-state index is 12.7. The third-order valence-electron chi connectivity index (χ3n) is 3.94. The highest BCUT2D eigenvalue weighted by Gasteiger charge is 2.17. The number of anilines is 1. The van der Waals surface area contributed by atoms with Crippen molar-refractivity contribution in [1.29, 1.82) is 0 Å². The van der Waals surface area contributed by atoms with Crippen LogP contribution in [0.25, 0.3) is 5.69 Å². The number of benzene rings is 2. The SMILES string of the molecule is COc1cc(-n2cccc2)c(Cl)cc1C(=O)Nc1ccc(S(C)(=O)=O)cc1. The number of hydrogen-bond donors (Lipinski definition) is 1. The van der Waals surface area contributed by atoms with E-state index in [1.807, 2.05) is 29.1 Å². The molecule has 0 atom stereocenters. The number of methoxy groups -OCH3 is 1. The molecule has 1 N–H and O–H groups in total. The van der Waals surface area contributed by atoms with Gasteiger partial charge in [0.05, 0.1) is 28.3 Å². The molecule has 1 aromatic heterocycles. The Hall–Kier alpha value is -2.77. The molecule has 0 aliphatic heterocycles. The maximum Gasteiger partial charge on any atom is 0.259 e. The smallest absolute Gasteiger partial charge is 0.259 e. The van der Waals surface area contributed by atoms with Crippen LogP contribution in [0.4, 0.5) is 5.69 Å². The van der Waals surface area contributed by atoms with Gasteiger partial charge in [-0.25, -0.2) is 8.42 Å². The summed E-state index contributed by atoms with van der Waals surface area (Å²) in [5, 5.41) is 3.11. The molecule has 0 spiro atoms. The standard InChI is InChI=1S/C19H17ClN2O4S/c1-26-18-12-17(22-9-3-4-10-22)16(20)11-15(18)19(23)21-13-5-7-14(8-6-13)27(2,24)25/h3-12H,1-2H3,(H,21,23). The Kier molecular flexibility index (Phi) is 5.25. The van der Waals surface area contributed by atoms with Gasteiger partial charge in [0.1, 0.15) is 5.75 Å². The van der Waals surface area contributed by atoms with Crippen molar-refractivity contribution in [2.24, 2.45) is 0 Å². The predicted octanol–water partition coefficient (Wildman–Crippen LogP) is 3.80. The molecule has 0 aliphatic carbocycles. The lowest BCUT2D eigenvalue weighted by Crippen LogP contribution is -2.14. The quantitative estimate of drug-likeness (QED) is 0.701. The Labute approximate surface area is 162 Å². The maximum absolute atomic E-state index is 12.7. The van der Waals surface area contributed by atoms with Gasteiger partial charge in [-0.2, -0.15) is 0 Å². The fraction of sp³-hybridized carbons (Fsp3) is 0.105. The van der Waals surface area contributed by atoms with Crippen molar-refractivity contribution in [3.05, 3.63) is 71.5 Å². The van der Waals surface area contributed by atoms with Gasteiger partial charge >= 0.3 is 0 Å².